The lowest BCUT2D eigenvalue weighted by Gasteiger charge is -2.38. The number of esters is 1. The molecule has 230 valence electrons. The predicted molar refractivity (Wildman–Crippen MR) is 160 cm³/mol. The highest BCUT2D eigenvalue weighted by Crippen LogP contribution is 2.37. The topological polar surface area (TPSA) is 136 Å². The van der Waals surface area contributed by atoms with Crippen molar-refractivity contribution in [3.05, 3.63) is 62.5 Å². The number of carbonyl (C=O) groups excluding carboxylic acids is 2. The quantitative estimate of drug-likeness (QED) is 0.409. The number of benzene rings is 1. The number of hydrogen-bond donors (Lipinski definition) is 3. The van der Waals surface area contributed by atoms with Crippen molar-refractivity contribution in [3.8, 4) is 0 Å². The standard InChI is InChI=1S/C22H22ClFN6O3S.C7H12O2/c1-33-21(31)17-16(11-29-5-6-30-13(10-29)9-26-22(30)32)27-19(20-25-4-7-34-20)28-18(17)14-3-2-12(24)8-15(14)23;8-7(9)6-4-2-1-3-5-6/h2-4,7-8,13,18H,5-6,9-11H2,1H3,(H,26,32)(H,27,28);6H,1-5H2,(H,8,9)/t13-,18+;/m1./s1. The highest BCUT2D eigenvalue weighted by atomic mass is 35.5. The highest BCUT2D eigenvalue weighted by molar-refractivity contribution is 7.11. The summed E-state index contributed by atoms with van der Waals surface area (Å²) in [6, 6.07) is 3.26. The van der Waals surface area contributed by atoms with E-state index in [4.69, 9.17) is 26.4 Å². The van der Waals surface area contributed by atoms with Crippen LogP contribution in [0.1, 0.15) is 48.7 Å². The molecule has 0 bridgehead atoms. The summed E-state index contributed by atoms with van der Waals surface area (Å²) in [6.45, 7) is 2.89. The zero-order valence-corrected chi connectivity index (χ0v) is 25.3. The number of piperazine rings is 1. The van der Waals surface area contributed by atoms with Gasteiger partial charge >= 0.3 is 18.0 Å². The van der Waals surface area contributed by atoms with E-state index >= 15 is 0 Å². The highest BCUT2D eigenvalue weighted by Gasteiger charge is 2.38. The molecule has 43 heavy (non-hydrogen) atoms. The van der Waals surface area contributed by atoms with Crippen molar-refractivity contribution in [2.24, 2.45) is 10.9 Å². The monoisotopic (exact) mass is 632 g/mol. The zero-order valence-electron chi connectivity index (χ0n) is 23.7. The summed E-state index contributed by atoms with van der Waals surface area (Å²) in [5.41, 5.74) is 1.41. The molecule has 1 aromatic heterocycles. The van der Waals surface area contributed by atoms with Gasteiger partial charge in [0.1, 0.15) is 11.9 Å². The fourth-order valence-corrected chi connectivity index (χ4v) is 6.71. The summed E-state index contributed by atoms with van der Waals surface area (Å²) in [5, 5.41) is 17.4. The van der Waals surface area contributed by atoms with Gasteiger partial charge in [0.15, 0.2) is 10.8 Å². The Morgan fingerprint density at radius 3 is 2.67 bits per heavy atom. The number of rotatable bonds is 6. The largest absolute Gasteiger partial charge is 0.481 e. The smallest absolute Gasteiger partial charge is 0.338 e. The van der Waals surface area contributed by atoms with Crippen LogP contribution in [-0.2, 0) is 14.3 Å². The molecule has 2 aromatic rings. The molecule has 2 saturated heterocycles. The molecular weight excluding hydrogens is 599 g/mol. The molecule has 4 aliphatic rings. The number of urea groups is 1. The number of amidine groups is 1. The molecule has 3 N–H and O–H groups in total. The number of aliphatic imine (C=N–C) groups is 1. The Hall–Kier alpha value is -3.55. The lowest BCUT2D eigenvalue weighted by Crippen LogP contribution is -2.53. The normalized spacial score (nSPS) is 22.5. The first kappa shape index (κ1) is 30.9. The number of carboxylic acids is 1. The Labute approximate surface area is 257 Å². The molecule has 3 aliphatic heterocycles. The molecule has 4 heterocycles. The van der Waals surface area contributed by atoms with Crippen LogP contribution in [0.15, 0.2) is 46.0 Å². The third-order valence-corrected chi connectivity index (χ3v) is 9.18. The number of methoxy groups -OCH3 is 1. The number of ether oxygens (including phenoxy) is 1. The Balaban J connectivity index is 0.000000351. The number of aromatic nitrogens is 1. The van der Waals surface area contributed by atoms with E-state index in [-0.39, 0.29) is 23.0 Å². The van der Waals surface area contributed by atoms with Crippen molar-refractivity contribution in [2.75, 3.05) is 39.8 Å². The minimum Gasteiger partial charge on any atom is -0.481 e. The molecular formula is C29H34ClFN6O5S. The summed E-state index contributed by atoms with van der Waals surface area (Å²) >= 11 is 7.80. The van der Waals surface area contributed by atoms with Gasteiger partial charge in [-0.05, 0) is 25.0 Å². The van der Waals surface area contributed by atoms with Crippen LogP contribution >= 0.6 is 22.9 Å². The minimum atomic E-state index is -0.799. The zero-order chi connectivity index (χ0) is 30.5. The number of nitrogens with zero attached hydrogens (tertiary/aromatic N) is 4. The number of hydrogen-bond acceptors (Lipinski definition) is 9. The molecule has 2 atom stereocenters. The van der Waals surface area contributed by atoms with Crippen molar-refractivity contribution in [1.29, 1.82) is 0 Å². The lowest BCUT2D eigenvalue weighted by molar-refractivity contribution is -0.142. The summed E-state index contributed by atoms with van der Waals surface area (Å²) in [7, 11) is 1.31. The first-order valence-corrected chi connectivity index (χ1v) is 15.5. The number of fused-ring (bicyclic) bond motifs is 1. The van der Waals surface area contributed by atoms with Crippen LogP contribution in [0, 0.1) is 11.7 Å². The molecule has 1 saturated carbocycles. The van der Waals surface area contributed by atoms with Gasteiger partial charge in [-0.2, -0.15) is 0 Å². The molecule has 6 rings (SSSR count). The van der Waals surface area contributed by atoms with Crippen LogP contribution in [-0.4, -0.2) is 89.6 Å². The summed E-state index contributed by atoms with van der Waals surface area (Å²) in [4.78, 5) is 48.4. The van der Waals surface area contributed by atoms with E-state index in [0.29, 0.717) is 60.4 Å². The maximum absolute atomic E-state index is 13.8. The van der Waals surface area contributed by atoms with E-state index in [0.717, 1.165) is 25.7 Å². The molecule has 1 aliphatic carbocycles. The van der Waals surface area contributed by atoms with Gasteiger partial charge in [-0.25, -0.2) is 19.0 Å². The fraction of sp³-hybridized carbons (Fsp3) is 0.483. The Morgan fingerprint density at radius 2 is 2.02 bits per heavy atom. The van der Waals surface area contributed by atoms with Crippen LogP contribution in [0.3, 0.4) is 0 Å². The Morgan fingerprint density at radius 1 is 1.23 bits per heavy atom. The van der Waals surface area contributed by atoms with Gasteiger partial charge in [-0.1, -0.05) is 36.9 Å². The van der Waals surface area contributed by atoms with Crippen molar-refractivity contribution < 1.29 is 28.6 Å². The first-order valence-electron chi connectivity index (χ1n) is 14.3. The second-order valence-corrected chi connectivity index (χ2v) is 12.1. The fourth-order valence-electron chi connectivity index (χ4n) is 5.85. The molecule has 11 nitrogen and oxygen atoms in total. The summed E-state index contributed by atoms with van der Waals surface area (Å²) in [6.07, 6.45) is 6.91. The van der Waals surface area contributed by atoms with Crippen LogP contribution < -0.4 is 10.6 Å². The van der Waals surface area contributed by atoms with Crippen LogP contribution in [0.25, 0.3) is 0 Å². The van der Waals surface area contributed by atoms with Gasteiger partial charge in [-0.15, -0.1) is 11.3 Å². The third kappa shape index (κ3) is 7.16. The third-order valence-electron chi connectivity index (χ3n) is 8.08. The number of halogens is 2. The molecule has 0 spiro atoms. The van der Waals surface area contributed by atoms with E-state index in [1.807, 2.05) is 10.3 Å². The summed E-state index contributed by atoms with van der Waals surface area (Å²) < 4.78 is 18.9. The van der Waals surface area contributed by atoms with Gasteiger partial charge in [-0.3, -0.25) is 14.7 Å². The van der Waals surface area contributed by atoms with Crippen LogP contribution in [0.5, 0.6) is 0 Å². The average Bonchev–Trinajstić information content (AvgIpc) is 3.68. The van der Waals surface area contributed by atoms with Crippen molar-refractivity contribution in [3.63, 3.8) is 0 Å². The van der Waals surface area contributed by atoms with Crippen molar-refractivity contribution in [1.82, 2.24) is 25.4 Å². The first-order chi connectivity index (χ1) is 20.7. The molecule has 2 amide bonds. The molecule has 0 radical (unpaired) electrons. The molecule has 3 fully saturated rings. The van der Waals surface area contributed by atoms with Gasteiger partial charge in [0, 0.05) is 60.6 Å². The number of thiazole rings is 1. The van der Waals surface area contributed by atoms with Crippen LogP contribution in [0.4, 0.5) is 9.18 Å². The number of nitrogens with one attached hydrogen (secondary N) is 2. The van der Waals surface area contributed by atoms with Gasteiger partial charge < -0.3 is 25.4 Å². The number of amides is 2. The molecule has 14 heteroatoms. The van der Waals surface area contributed by atoms with Crippen molar-refractivity contribution >= 4 is 46.7 Å². The maximum Gasteiger partial charge on any atom is 0.338 e. The van der Waals surface area contributed by atoms with E-state index in [1.54, 1.807) is 6.20 Å². The second-order valence-electron chi connectivity index (χ2n) is 10.8. The Kier molecular flexibility index (Phi) is 9.93. The van der Waals surface area contributed by atoms with E-state index in [9.17, 15) is 18.8 Å². The average molecular weight is 633 g/mol. The number of carbonyl (C=O) groups is 3. The number of aliphatic carboxylic acids is 1. The lowest BCUT2D eigenvalue weighted by atomic mass is 9.90. The van der Waals surface area contributed by atoms with Gasteiger partial charge in [0.25, 0.3) is 0 Å². The molecule has 0 unspecified atom stereocenters. The minimum absolute atomic E-state index is 0.0289. The molecule has 1 aromatic carbocycles. The SMILES string of the molecule is COC(=O)C1=C(CN2CCN3C(=O)NC[C@@H]3C2)NC(c2nccs2)=N[C@H]1c1ccc(F)cc1Cl.O=C(O)C1CCCCC1. The van der Waals surface area contributed by atoms with E-state index < -0.39 is 23.8 Å². The van der Waals surface area contributed by atoms with Crippen molar-refractivity contribution in [2.45, 2.75) is 44.2 Å². The summed E-state index contributed by atoms with van der Waals surface area (Å²) in [5.74, 6) is -1.16. The predicted octanol–water partition coefficient (Wildman–Crippen LogP) is 3.81. The van der Waals surface area contributed by atoms with E-state index in [2.05, 4.69) is 20.5 Å². The Bertz CT molecular complexity index is 1410. The second kappa shape index (κ2) is 13.8. The maximum atomic E-state index is 13.8. The van der Waals surface area contributed by atoms with E-state index in [1.165, 1.54) is 43.1 Å². The van der Waals surface area contributed by atoms with Gasteiger partial charge in [0.2, 0.25) is 0 Å². The van der Waals surface area contributed by atoms with Crippen LogP contribution in [0.2, 0.25) is 5.02 Å². The number of carboxylic acid groups (broad SMARTS) is 1. The van der Waals surface area contributed by atoms with Gasteiger partial charge in [0.05, 0.1) is 24.6 Å².